The number of likely N-dealkylation sites (N-methyl/N-ethyl adjacent to an activating group) is 4. The summed E-state index contributed by atoms with van der Waals surface area (Å²) in [6.45, 7) is 7.51. The Morgan fingerprint density at radius 2 is 1.05 bits per heavy atom. The van der Waals surface area contributed by atoms with E-state index in [1.165, 1.54) is 66.5 Å². The van der Waals surface area contributed by atoms with E-state index in [1.54, 1.807) is 76.2 Å². The molecular formula is C53H65N11O13. The van der Waals surface area contributed by atoms with E-state index in [0.29, 0.717) is 21.9 Å². The summed E-state index contributed by atoms with van der Waals surface area (Å²) < 4.78 is 11.4. The van der Waals surface area contributed by atoms with Gasteiger partial charge >= 0.3 is 11.9 Å². The van der Waals surface area contributed by atoms with E-state index >= 15 is 0 Å². The number of pyridine rings is 1. The van der Waals surface area contributed by atoms with Gasteiger partial charge in [-0.1, -0.05) is 70.2 Å². The third kappa shape index (κ3) is 13.3. The fourth-order valence-corrected chi connectivity index (χ4v) is 9.13. The third-order valence-electron chi connectivity index (χ3n) is 13.4. The Morgan fingerprint density at radius 1 is 0.610 bits per heavy atom. The molecule has 4 heterocycles. The fraction of sp³-hybridized carbons (Fsp3) is 0.453. The van der Waals surface area contributed by atoms with E-state index in [4.69, 9.17) is 9.47 Å². The van der Waals surface area contributed by atoms with E-state index in [9.17, 15) is 53.1 Å². The van der Waals surface area contributed by atoms with Crippen LogP contribution in [0.15, 0.2) is 72.9 Å². The van der Waals surface area contributed by atoms with Gasteiger partial charge in [-0.05, 0) is 62.8 Å². The molecule has 0 unspecified atom stereocenters. The maximum Gasteiger partial charge on any atom is 0.329 e. The van der Waals surface area contributed by atoms with Crippen molar-refractivity contribution >= 4 is 81.1 Å². The Labute approximate surface area is 444 Å². The topological polar surface area (TPSA) is 309 Å². The first kappa shape index (κ1) is 57.7. The highest BCUT2D eigenvalue weighted by molar-refractivity contribution is 6.02. The van der Waals surface area contributed by atoms with Crippen LogP contribution < -0.4 is 21.3 Å². The molecule has 24 heteroatoms. The van der Waals surface area contributed by atoms with Gasteiger partial charge in [0.2, 0.25) is 35.4 Å². The lowest BCUT2D eigenvalue weighted by atomic mass is 9.99. The zero-order valence-corrected chi connectivity index (χ0v) is 44.5. The molecule has 0 spiro atoms. The molecule has 77 heavy (non-hydrogen) atoms. The van der Waals surface area contributed by atoms with Crippen LogP contribution in [0, 0.1) is 11.8 Å². The molecule has 2 aromatic heterocycles. The summed E-state index contributed by atoms with van der Waals surface area (Å²) in [7, 11) is 5.24. The Balaban J connectivity index is 1.41. The fourth-order valence-electron chi connectivity index (χ4n) is 9.13. The second kappa shape index (κ2) is 24.8. The summed E-state index contributed by atoms with van der Waals surface area (Å²) in [5.74, 6) is -11.0. The number of carbonyl (C=O) groups excluding carboxylic acids is 10. The molecule has 6 rings (SSSR count). The van der Waals surface area contributed by atoms with Crippen molar-refractivity contribution in [3.8, 4) is 5.75 Å². The summed E-state index contributed by atoms with van der Waals surface area (Å²) in [6, 6.07) is 2.92. The molecule has 5 N–H and O–H groups in total. The number of esters is 2. The predicted molar refractivity (Wildman–Crippen MR) is 277 cm³/mol. The van der Waals surface area contributed by atoms with Crippen LogP contribution in [0.4, 0.5) is 0 Å². The lowest BCUT2D eigenvalue weighted by Gasteiger charge is -2.37. The van der Waals surface area contributed by atoms with E-state index < -0.39 is 144 Å². The number of cyclic esters (lactones) is 2. The van der Waals surface area contributed by atoms with Gasteiger partial charge in [0.05, 0.1) is 22.7 Å². The van der Waals surface area contributed by atoms with Crippen molar-refractivity contribution in [3.05, 3.63) is 84.3 Å². The molecule has 0 aliphatic carbocycles. The van der Waals surface area contributed by atoms with Gasteiger partial charge in [0.25, 0.3) is 11.8 Å². The van der Waals surface area contributed by atoms with Crippen molar-refractivity contribution in [2.45, 2.75) is 103 Å². The van der Waals surface area contributed by atoms with Gasteiger partial charge in [-0.3, -0.25) is 43.3 Å². The molecule has 8 atom stereocenters. The number of para-hydroxylation sites is 3. The van der Waals surface area contributed by atoms with Crippen LogP contribution in [0.5, 0.6) is 5.75 Å². The number of rotatable bonds is 6. The molecule has 410 valence electrons. The number of nitrogens with one attached hydrogen (secondary N) is 4. The number of nitrogens with zero attached hydrogens (tertiary/aromatic N) is 7. The van der Waals surface area contributed by atoms with Crippen LogP contribution >= 0.6 is 0 Å². The Morgan fingerprint density at radius 3 is 1.53 bits per heavy atom. The molecule has 2 aromatic carbocycles. The number of hydrogen-bond acceptors (Lipinski definition) is 16. The van der Waals surface area contributed by atoms with Crippen molar-refractivity contribution in [2.24, 2.45) is 11.8 Å². The van der Waals surface area contributed by atoms with E-state index in [2.05, 4.69) is 36.2 Å². The maximum atomic E-state index is 14.8. The molecule has 0 radical (unpaired) electrons. The first-order chi connectivity index (χ1) is 36.4. The number of aromatic nitrogens is 3. The second-order valence-corrected chi connectivity index (χ2v) is 19.7. The maximum absolute atomic E-state index is 14.8. The highest BCUT2D eigenvalue weighted by Crippen LogP contribution is 2.24. The van der Waals surface area contributed by atoms with E-state index in [0.717, 1.165) is 19.6 Å². The van der Waals surface area contributed by atoms with Crippen molar-refractivity contribution in [1.29, 1.82) is 0 Å². The van der Waals surface area contributed by atoms with Crippen LogP contribution in [0.1, 0.15) is 75.4 Å². The average Bonchev–Trinajstić information content (AvgIpc) is 3.40. The Kier molecular flexibility index (Phi) is 18.6. The zero-order chi connectivity index (χ0) is 56.6. The first-order valence-corrected chi connectivity index (χ1v) is 25.0. The molecule has 0 saturated heterocycles. The van der Waals surface area contributed by atoms with Crippen LogP contribution in [0.3, 0.4) is 0 Å². The van der Waals surface area contributed by atoms with Crippen LogP contribution in [0.25, 0.3) is 21.9 Å². The highest BCUT2D eigenvalue weighted by atomic mass is 16.5. The predicted octanol–water partition coefficient (Wildman–Crippen LogP) is 0.860. The lowest BCUT2D eigenvalue weighted by molar-refractivity contribution is -0.160. The number of hydrogen-bond donors (Lipinski definition) is 5. The van der Waals surface area contributed by atoms with Crippen LogP contribution in [-0.2, 0) is 47.8 Å². The minimum absolute atomic E-state index is 0.189. The molecule has 2 aliphatic heterocycles. The molecule has 8 amide bonds. The highest BCUT2D eigenvalue weighted by Gasteiger charge is 2.42. The molecular weight excluding hydrogens is 999 g/mol. The largest absolute Gasteiger partial charge is 0.505 e. The van der Waals surface area contributed by atoms with Gasteiger partial charge in [-0.15, -0.1) is 0 Å². The van der Waals surface area contributed by atoms with Gasteiger partial charge in [-0.25, -0.2) is 19.6 Å². The molecule has 4 aromatic rings. The Bertz CT molecular complexity index is 2990. The molecule has 2 aliphatic rings. The molecule has 24 nitrogen and oxygen atoms in total. The summed E-state index contributed by atoms with van der Waals surface area (Å²) in [5.41, 5.74) is 0.538. The van der Waals surface area contributed by atoms with Gasteiger partial charge in [0, 0.05) is 33.6 Å². The van der Waals surface area contributed by atoms with Crippen molar-refractivity contribution in [2.75, 3.05) is 41.4 Å². The molecule has 0 fully saturated rings. The number of fused-ring (bicyclic) bond motifs is 6. The molecule has 0 saturated carbocycles. The van der Waals surface area contributed by atoms with Gasteiger partial charge in [0.15, 0.2) is 5.69 Å². The average molecular weight is 1060 g/mol. The summed E-state index contributed by atoms with van der Waals surface area (Å²) in [5, 5.41) is 21.4. The number of aromatic hydroxyl groups is 1. The zero-order valence-electron chi connectivity index (χ0n) is 44.5. The minimum atomic E-state index is -1.75. The van der Waals surface area contributed by atoms with Crippen molar-refractivity contribution < 1.29 is 62.5 Å². The lowest BCUT2D eigenvalue weighted by Crippen LogP contribution is -2.60. The monoisotopic (exact) mass is 1060 g/mol. The van der Waals surface area contributed by atoms with Gasteiger partial charge in [-0.2, -0.15) is 0 Å². The first-order valence-electron chi connectivity index (χ1n) is 25.0. The standard InChI is InChI=1S/C53H65N11O13/c1-27(2)42-52(74)76-25-36(59-44(66)35-24-54-33-19-13-14-20-34(33)57-35)45(67)55-29(5)48(70)61(7)38-21-15-16-22-39(50(72)63(42)9)62(8)49(71)30(6)56-46(68)37(26-77-53(75)43(28(3)4)64(10)51(38)73)60-47(69)41-40(65)23-31-17-11-12-18-32(31)58-41/h11-20,23-24,27-30,36-39,42-43,65H,21-22,25-26H2,1-10H3,(H,55,67)(H,56,68)(H,59,66)(H,60,69)/b16-15-/t29-,30-,36+,37+,38-,39-,42-,43-/m0/s1. The van der Waals surface area contributed by atoms with E-state index in [-0.39, 0.29) is 18.5 Å². The van der Waals surface area contributed by atoms with Crippen LogP contribution in [0.2, 0.25) is 0 Å². The number of carbonyl (C=O) groups is 10. The van der Waals surface area contributed by atoms with Crippen LogP contribution in [-0.4, -0.2) is 189 Å². The van der Waals surface area contributed by atoms with Crippen molar-refractivity contribution in [3.63, 3.8) is 0 Å². The number of amides is 8. The smallest absolute Gasteiger partial charge is 0.329 e. The Hall–Kier alpha value is -8.57. The normalized spacial score (nSPS) is 24.8. The van der Waals surface area contributed by atoms with Gasteiger partial charge in [0.1, 0.15) is 73.0 Å². The number of benzene rings is 2. The van der Waals surface area contributed by atoms with Crippen molar-refractivity contribution in [1.82, 2.24) is 55.8 Å². The minimum Gasteiger partial charge on any atom is -0.505 e. The second-order valence-electron chi connectivity index (χ2n) is 19.7. The summed E-state index contributed by atoms with van der Waals surface area (Å²) in [6.07, 6.45) is 3.74. The van der Waals surface area contributed by atoms with E-state index in [1.807, 2.05) is 0 Å². The third-order valence-corrected chi connectivity index (χ3v) is 13.4. The quantitative estimate of drug-likeness (QED) is 0.132. The molecule has 2 bridgehead atoms. The number of ether oxygens (including phenoxy) is 2. The SMILES string of the molecule is CC(C)[C@H]1C(=O)OC[C@@H](NC(=O)c2nc3ccccc3cc2O)C(=O)N[C@@H](C)C(=O)N(C)[C@H]2C/C=C\C[C@@H](C(=O)N1C)N(C)C(=O)[C@H](C)NC(=O)[C@H](NC(=O)c1cnc3ccccc3n1)COC(=O)[C@H](C(C)C)N(C)C2=O. The summed E-state index contributed by atoms with van der Waals surface area (Å²) in [4.78, 5) is 160. The van der Waals surface area contributed by atoms with Gasteiger partial charge < -0.3 is 55.4 Å². The summed E-state index contributed by atoms with van der Waals surface area (Å²) >= 11 is 0.